The highest BCUT2D eigenvalue weighted by Crippen LogP contribution is 2.46. The van der Waals surface area contributed by atoms with Crippen LogP contribution in [0.1, 0.15) is 36.9 Å². The van der Waals surface area contributed by atoms with Gasteiger partial charge in [0.25, 0.3) is 0 Å². The van der Waals surface area contributed by atoms with Gasteiger partial charge in [0.05, 0.1) is 12.2 Å². The van der Waals surface area contributed by atoms with E-state index in [1.807, 2.05) is 20.3 Å². The minimum absolute atomic E-state index is 0.137. The Morgan fingerprint density at radius 2 is 1.92 bits per heavy atom. The lowest BCUT2D eigenvalue weighted by molar-refractivity contribution is -0.129. The van der Waals surface area contributed by atoms with Crippen molar-refractivity contribution in [2.75, 3.05) is 18.4 Å². The van der Waals surface area contributed by atoms with E-state index in [2.05, 4.69) is 33.6 Å². The molecule has 0 bridgehead atoms. The second kappa shape index (κ2) is 7.87. The van der Waals surface area contributed by atoms with Crippen molar-refractivity contribution in [3.63, 3.8) is 0 Å². The van der Waals surface area contributed by atoms with E-state index in [9.17, 15) is 9.18 Å². The summed E-state index contributed by atoms with van der Waals surface area (Å²) in [6.45, 7) is 3.72. The molecule has 0 radical (unpaired) electrons. The van der Waals surface area contributed by atoms with Crippen molar-refractivity contribution in [3.8, 4) is 11.1 Å². The fourth-order valence-electron chi connectivity index (χ4n) is 5.61. The average Bonchev–Trinajstić information content (AvgIpc) is 3.48. The number of benzene rings is 2. The second-order valence-corrected chi connectivity index (χ2v) is 9.64. The van der Waals surface area contributed by atoms with Crippen LogP contribution >= 0.6 is 0 Å². The molecule has 5 aromatic rings. The summed E-state index contributed by atoms with van der Waals surface area (Å²) in [6.07, 6.45) is 5.43. The van der Waals surface area contributed by atoms with Gasteiger partial charge in [-0.2, -0.15) is 10.2 Å². The number of nitrogens with one attached hydrogen (secondary N) is 1. The Labute approximate surface area is 206 Å². The first-order chi connectivity index (χ1) is 17.5. The Morgan fingerprint density at radius 1 is 1.11 bits per heavy atom. The molecule has 3 aromatic heterocycles. The SMILES string of the molecule is CC(=O)N1CCC(c2cc3c4c(ncnn24)Nc2c-3ccc3cn(Cc4ccc(F)cc4)nc23)CC1. The molecule has 8 nitrogen and oxygen atoms in total. The molecule has 0 unspecified atom stereocenters. The van der Waals surface area contributed by atoms with Crippen molar-refractivity contribution in [1.82, 2.24) is 29.3 Å². The predicted octanol–water partition coefficient (Wildman–Crippen LogP) is 4.72. The maximum Gasteiger partial charge on any atom is 0.219 e. The number of aromatic nitrogens is 5. The van der Waals surface area contributed by atoms with Crippen molar-refractivity contribution in [2.45, 2.75) is 32.2 Å². The average molecular weight is 482 g/mol. The molecule has 1 saturated heterocycles. The number of halogens is 1. The molecule has 0 atom stereocenters. The minimum Gasteiger partial charge on any atom is -0.343 e. The largest absolute Gasteiger partial charge is 0.343 e. The van der Waals surface area contributed by atoms with Gasteiger partial charge >= 0.3 is 0 Å². The standard InChI is InChI=1S/C27H24FN7O/c1-16(36)33-10-8-18(9-11-33)23-12-22-21-7-4-19-14-34(13-17-2-5-20(28)6-3-17)32-24(19)25(21)31-27-26(22)35(23)30-15-29-27/h2-7,12,14-15,18H,8-11,13H2,1H3,(H,29,30,31). The van der Waals surface area contributed by atoms with Crippen molar-refractivity contribution in [3.05, 3.63) is 72.1 Å². The van der Waals surface area contributed by atoms with Gasteiger partial charge in [-0.3, -0.25) is 9.48 Å². The smallest absolute Gasteiger partial charge is 0.219 e. The second-order valence-electron chi connectivity index (χ2n) is 9.64. The highest BCUT2D eigenvalue weighted by molar-refractivity contribution is 6.08. The lowest BCUT2D eigenvalue weighted by Gasteiger charge is -2.31. The zero-order valence-corrected chi connectivity index (χ0v) is 19.8. The number of carbonyl (C=O) groups is 1. The van der Waals surface area contributed by atoms with E-state index < -0.39 is 0 Å². The Kier molecular flexibility index (Phi) is 4.60. The fraction of sp³-hybridized carbons (Fsp3) is 0.259. The molecule has 9 heteroatoms. The molecule has 1 amide bonds. The van der Waals surface area contributed by atoms with Gasteiger partial charge in [0, 0.05) is 54.3 Å². The summed E-state index contributed by atoms with van der Waals surface area (Å²) in [6, 6.07) is 13.0. The van der Waals surface area contributed by atoms with Crippen LogP contribution in [0.15, 0.2) is 55.0 Å². The van der Waals surface area contributed by atoms with E-state index in [0.29, 0.717) is 12.5 Å². The zero-order valence-electron chi connectivity index (χ0n) is 19.8. The molecular weight excluding hydrogens is 457 g/mol. The number of rotatable bonds is 3. The summed E-state index contributed by atoms with van der Waals surface area (Å²) in [5.41, 5.74) is 7.08. The van der Waals surface area contributed by atoms with Gasteiger partial charge in [-0.25, -0.2) is 13.9 Å². The molecule has 36 heavy (non-hydrogen) atoms. The van der Waals surface area contributed by atoms with Gasteiger partial charge in [-0.05, 0) is 36.6 Å². The van der Waals surface area contributed by atoms with E-state index in [-0.39, 0.29) is 11.7 Å². The number of carbonyl (C=O) groups excluding carboxylic acids is 1. The number of hydrogen-bond acceptors (Lipinski definition) is 5. The zero-order chi connectivity index (χ0) is 24.4. The highest BCUT2D eigenvalue weighted by atomic mass is 19.1. The van der Waals surface area contributed by atoms with Crippen molar-refractivity contribution in [2.24, 2.45) is 0 Å². The van der Waals surface area contributed by atoms with Crippen LogP contribution < -0.4 is 5.32 Å². The summed E-state index contributed by atoms with van der Waals surface area (Å²) in [7, 11) is 0. The highest BCUT2D eigenvalue weighted by Gasteiger charge is 2.30. The lowest BCUT2D eigenvalue weighted by atomic mass is 9.92. The quantitative estimate of drug-likeness (QED) is 0.396. The van der Waals surface area contributed by atoms with Crippen LogP contribution in [0.2, 0.25) is 0 Å². The Bertz CT molecular complexity index is 1640. The van der Waals surface area contributed by atoms with Gasteiger partial charge in [-0.1, -0.05) is 24.3 Å². The number of amides is 1. The molecular formula is C27H24FN7O. The van der Waals surface area contributed by atoms with Crippen LogP contribution in [-0.4, -0.2) is 48.3 Å². The fourth-order valence-corrected chi connectivity index (χ4v) is 5.61. The first-order valence-electron chi connectivity index (χ1n) is 12.2. The van der Waals surface area contributed by atoms with Crippen molar-refractivity contribution >= 4 is 33.8 Å². The lowest BCUT2D eigenvalue weighted by Crippen LogP contribution is -2.36. The summed E-state index contributed by atoms with van der Waals surface area (Å²) in [5.74, 6) is 0.981. The third-order valence-corrected chi connectivity index (χ3v) is 7.46. The van der Waals surface area contributed by atoms with Crippen LogP contribution in [0.3, 0.4) is 0 Å². The topological polar surface area (TPSA) is 80.4 Å². The van der Waals surface area contributed by atoms with E-state index in [1.54, 1.807) is 25.4 Å². The van der Waals surface area contributed by atoms with Gasteiger partial charge in [0.2, 0.25) is 5.91 Å². The number of likely N-dealkylation sites (tertiary alicyclic amines) is 1. The Morgan fingerprint density at radius 3 is 2.69 bits per heavy atom. The van der Waals surface area contributed by atoms with Gasteiger partial charge in [0.1, 0.15) is 23.2 Å². The molecule has 2 aromatic carbocycles. The third-order valence-electron chi connectivity index (χ3n) is 7.46. The molecule has 0 spiro atoms. The van der Waals surface area contributed by atoms with Crippen LogP contribution in [0, 0.1) is 5.82 Å². The first kappa shape index (κ1) is 21.0. The van der Waals surface area contributed by atoms with Crippen molar-refractivity contribution < 1.29 is 9.18 Å². The Hall–Kier alpha value is -4.27. The summed E-state index contributed by atoms with van der Waals surface area (Å²) in [5, 5.41) is 14.0. The molecule has 5 heterocycles. The molecule has 7 rings (SSSR count). The van der Waals surface area contributed by atoms with E-state index in [1.165, 1.54) is 12.1 Å². The van der Waals surface area contributed by atoms with E-state index in [4.69, 9.17) is 5.10 Å². The van der Waals surface area contributed by atoms with Crippen molar-refractivity contribution in [1.29, 1.82) is 0 Å². The monoisotopic (exact) mass is 481 g/mol. The summed E-state index contributed by atoms with van der Waals surface area (Å²) >= 11 is 0. The molecule has 1 N–H and O–H groups in total. The molecule has 0 saturated carbocycles. The Balaban J connectivity index is 1.29. The molecule has 180 valence electrons. The maximum absolute atomic E-state index is 13.3. The number of hydrogen-bond donors (Lipinski definition) is 1. The van der Waals surface area contributed by atoms with Crippen LogP contribution in [-0.2, 0) is 11.3 Å². The molecule has 1 fully saturated rings. The number of fused-ring (bicyclic) bond motifs is 4. The van der Waals surface area contributed by atoms with E-state index in [0.717, 1.165) is 76.2 Å². The van der Waals surface area contributed by atoms with Gasteiger partial charge in [0.15, 0.2) is 5.82 Å². The predicted molar refractivity (Wildman–Crippen MR) is 135 cm³/mol. The van der Waals surface area contributed by atoms with Crippen LogP contribution in [0.4, 0.5) is 15.9 Å². The summed E-state index contributed by atoms with van der Waals surface area (Å²) < 4.78 is 17.2. The van der Waals surface area contributed by atoms with Crippen LogP contribution in [0.25, 0.3) is 27.5 Å². The maximum atomic E-state index is 13.3. The molecule has 0 aliphatic carbocycles. The summed E-state index contributed by atoms with van der Waals surface area (Å²) in [4.78, 5) is 18.3. The molecule has 2 aliphatic heterocycles. The number of piperidine rings is 1. The minimum atomic E-state index is -0.244. The van der Waals surface area contributed by atoms with Crippen LogP contribution in [0.5, 0.6) is 0 Å². The van der Waals surface area contributed by atoms with Gasteiger partial charge in [-0.15, -0.1) is 0 Å². The van der Waals surface area contributed by atoms with Gasteiger partial charge < -0.3 is 10.2 Å². The normalized spacial score (nSPS) is 15.3. The molecule has 2 aliphatic rings. The number of nitrogens with zero attached hydrogens (tertiary/aromatic N) is 6. The number of anilines is 2. The third kappa shape index (κ3) is 3.26. The first-order valence-corrected chi connectivity index (χ1v) is 12.2. The van der Waals surface area contributed by atoms with E-state index >= 15 is 0 Å².